The van der Waals surface area contributed by atoms with Gasteiger partial charge in [0.05, 0.1) is 25.2 Å². The first kappa shape index (κ1) is 21.6. The van der Waals surface area contributed by atoms with Crippen molar-refractivity contribution in [2.75, 3.05) is 14.2 Å². The van der Waals surface area contributed by atoms with Gasteiger partial charge < -0.3 is 24.1 Å². The van der Waals surface area contributed by atoms with Gasteiger partial charge in [-0.2, -0.15) is 0 Å². The second kappa shape index (κ2) is 7.20. The molecule has 1 heterocycles. The summed E-state index contributed by atoms with van der Waals surface area (Å²) in [5, 5.41) is 21.8. The van der Waals surface area contributed by atoms with Crippen molar-refractivity contribution in [3.05, 3.63) is 17.3 Å². The number of hydrogen-bond donors (Lipinski definition) is 2. The smallest absolute Gasteiger partial charge is 0.493 e. The molecule has 0 saturated heterocycles. The minimum Gasteiger partial charge on any atom is -0.493 e. The Labute approximate surface area is 180 Å². The van der Waals surface area contributed by atoms with E-state index in [9.17, 15) is 10.0 Å². The van der Waals surface area contributed by atoms with E-state index in [0.717, 1.165) is 23.7 Å². The van der Waals surface area contributed by atoms with Crippen molar-refractivity contribution < 1.29 is 19.5 Å². The molecule has 0 amide bonds. The normalized spacial score (nSPS) is 27.9. The van der Waals surface area contributed by atoms with Crippen LogP contribution in [0.5, 0.6) is 11.5 Å². The highest BCUT2D eigenvalue weighted by Crippen LogP contribution is 2.59. The molecule has 3 atom stereocenters. The SMILES string of the molecule is COc1cc2c3c(n(C)c2c(B(O)O)c1OC)C(C)CCC1C(C)(C)CCCC31C. The van der Waals surface area contributed by atoms with Crippen LogP contribution in [0.25, 0.3) is 10.9 Å². The summed E-state index contributed by atoms with van der Waals surface area (Å²) in [6.45, 7) is 9.63. The van der Waals surface area contributed by atoms with E-state index in [1.165, 1.54) is 30.5 Å². The third-order valence-electron chi connectivity index (χ3n) is 8.31. The number of ether oxygens (including phenoxy) is 2. The van der Waals surface area contributed by atoms with E-state index in [1.807, 2.05) is 0 Å². The predicted molar refractivity (Wildman–Crippen MR) is 122 cm³/mol. The molecular weight excluding hydrogens is 377 g/mol. The molecule has 0 bridgehead atoms. The number of rotatable bonds is 3. The van der Waals surface area contributed by atoms with Crippen LogP contribution >= 0.6 is 0 Å². The second-order valence-corrected chi connectivity index (χ2v) is 10.4. The van der Waals surface area contributed by atoms with Gasteiger partial charge in [0.2, 0.25) is 0 Å². The van der Waals surface area contributed by atoms with Crippen molar-refractivity contribution in [2.45, 2.75) is 71.1 Å². The van der Waals surface area contributed by atoms with Gasteiger partial charge in [-0.15, -0.1) is 0 Å². The first-order valence-corrected chi connectivity index (χ1v) is 11.2. The Morgan fingerprint density at radius 1 is 1.10 bits per heavy atom. The molecule has 5 nitrogen and oxygen atoms in total. The molecule has 30 heavy (non-hydrogen) atoms. The highest BCUT2D eigenvalue weighted by molar-refractivity contribution is 6.63. The highest BCUT2D eigenvalue weighted by Gasteiger charge is 2.51. The van der Waals surface area contributed by atoms with Crippen LogP contribution in [0, 0.1) is 11.3 Å². The molecule has 4 rings (SSSR count). The number of aryl methyl sites for hydroxylation is 1. The number of fused-ring (bicyclic) bond motifs is 5. The second-order valence-electron chi connectivity index (χ2n) is 10.4. The van der Waals surface area contributed by atoms with Gasteiger partial charge >= 0.3 is 7.12 Å². The van der Waals surface area contributed by atoms with Gasteiger partial charge in [-0.3, -0.25) is 0 Å². The molecule has 2 aliphatic carbocycles. The molecule has 164 valence electrons. The molecule has 0 spiro atoms. The van der Waals surface area contributed by atoms with Crippen molar-refractivity contribution in [3.63, 3.8) is 0 Å². The Bertz CT molecular complexity index is 980. The fourth-order valence-electron chi connectivity index (χ4n) is 7.09. The van der Waals surface area contributed by atoms with Gasteiger partial charge in [0.25, 0.3) is 0 Å². The summed E-state index contributed by atoms with van der Waals surface area (Å²) in [6, 6.07) is 2.06. The quantitative estimate of drug-likeness (QED) is 0.751. The Balaban J connectivity index is 2.16. The number of nitrogens with zero attached hydrogens (tertiary/aromatic N) is 1. The fraction of sp³-hybridized carbons (Fsp3) is 0.667. The Morgan fingerprint density at radius 2 is 1.80 bits per heavy atom. The molecular formula is C24H36BNO4. The van der Waals surface area contributed by atoms with Crippen LogP contribution in [-0.4, -0.2) is 36.0 Å². The molecule has 6 heteroatoms. The van der Waals surface area contributed by atoms with Crippen LogP contribution in [0.2, 0.25) is 0 Å². The molecule has 2 aliphatic rings. The van der Waals surface area contributed by atoms with Gasteiger partial charge in [0.15, 0.2) is 11.5 Å². The molecule has 0 aliphatic heterocycles. The fourth-order valence-corrected chi connectivity index (χ4v) is 7.09. The summed E-state index contributed by atoms with van der Waals surface area (Å²) < 4.78 is 13.4. The maximum absolute atomic E-state index is 10.3. The first-order valence-electron chi connectivity index (χ1n) is 11.2. The number of benzene rings is 1. The Hall–Kier alpha value is -1.66. The van der Waals surface area contributed by atoms with Crippen LogP contribution in [0.4, 0.5) is 0 Å². The van der Waals surface area contributed by atoms with Crippen molar-refractivity contribution >= 4 is 23.5 Å². The molecule has 1 aromatic heterocycles. The molecule has 0 radical (unpaired) electrons. The van der Waals surface area contributed by atoms with Crippen molar-refractivity contribution in [2.24, 2.45) is 18.4 Å². The molecule has 1 aromatic carbocycles. The minimum absolute atomic E-state index is 0.0403. The largest absolute Gasteiger partial charge is 0.494 e. The first-order chi connectivity index (χ1) is 14.1. The van der Waals surface area contributed by atoms with Gasteiger partial charge in [-0.25, -0.2) is 0 Å². The minimum atomic E-state index is -1.64. The standard InChI is InChI=1S/C24H36BNO4/c1-14-9-10-17-23(2,3)11-8-12-24(17,4)18-15-13-16(29-6)22(30-7)19(25(27)28)21(15)26(5)20(14)18/h13-14,17,27-28H,8-12H2,1-7H3. The van der Waals surface area contributed by atoms with Crippen LogP contribution in [-0.2, 0) is 12.5 Å². The van der Waals surface area contributed by atoms with Crippen LogP contribution in [0.1, 0.15) is 77.0 Å². The summed E-state index contributed by atoms with van der Waals surface area (Å²) >= 11 is 0. The van der Waals surface area contributed by atoms with E-state index in [-0.39, 0.29) is 10.8 Å². The predicted octanol–water partition coefficient (Wildman–Crippen LogP) is 3.86. The zero-order valence-electron chi connectivity index (χ0n) is 19.5. The molecule has 1 saturated carbocycles. The third-order valence-corrected chi connectivity index (χ3v) is 8.31. The van der Waals surface area contributed by atoms with Gasteiger partial charge in [-0.1, -0.05) is 34.1 Å². The Morgan fingerprint density at radius 3 is 2.40 bits per heavy atom. The summed E-state index contributed by atoms with van der Waals surface area (Å²) in [6.07, 6.45) is 6.01. The van der Waals surface area contributed by atoms with E-state index in [1.54, 1.807) is 14.2 Å². The van der Waals surface area contributed by atoms with Crippen molar-refractivity contribution in [3.8, 4) is 11.5 Å². The van der Waals surface area contributed by atoms with Gasteiger partial charge in [-0.05, 0) is 60.0 Å². The molecule has 2 aromatic rings. The van der Waals surface area contributed by atoms with Gasteiger partial charge in [0, 0.05) is 18.1 Å². The summed E-state index contributed by atoms with van der Waals surface area (Å²) in [4.78, 5) is 0. The number of aromatic nitrogens is 1. The third kappa shape index (κ3) is 2.83. The lowest BCUT2D eigenvalue weighted by Crippen LogP contribution is -2.44. The maximum Gasteiger partial charge on any atom is 0.494 e. The molecule has 3 unspecified atom stereocenters. The van der Waals surface area contributed by atoms with Crippen molar-refractivity contribution in [1.29, 1.82) is 0 Å². The van der Waals surface area contributed by atoms with Crippen LogP contribution in [0.3, 0.4) is 0 Å². The molecule has 1 fully saturated rings. The number of hydrogen-bond acceptors (Lipinski definition) is 4. The zero-order chi connectivity index (χ0) is 22.0. The average Bonchev–Trinajstić information content (AvgIpc) is 2.90. The van der Waals surface area contributed by atoms with Crippen LogP contribution in [0.15, 0.2) is 6.07 Å². The zero-order valence-corrected chi connectivity index (χ0v) is 19.5. The van der Waals surface area contributed by atoms with E-state index in [0.29, 0.717) is 28.8 Å². The van der Waals surface area contributed by atoms with E-state index < -0.39 is 7.12 Å². The lowest BCUT2D eigenvalue weighted by Gasteiger charge is -2.51. The van der Waals surface area contributed by atoms with Crippen LogP contribution < -0.4 is 14.9 Å². The van der Waals surface area contributed by atoms with E-state index >= 15 is 0 Å². The summed E-state index contributed by atoms with van der Waals surface area (Å²) in [7, 11) is 3.58. The summed E-state index contributed by atoms with van der Waals surface area (Å²) in [5.41, 5.74) is 4.27. The average molecular weight is 413 g/mol. The van der Waals surface area contributed by atoms with Crippen molar-refractivity contribution in [1.82, 2.24) is 4.57 Å². The highest BCUT2D eigenvalue weighted by atomic mass is 16.5. The molecule has 2 N–H and O–H groups in total. The summed E-state index contributed by atoms with van der Waals surface area (Å²) in [5.74, 6) is 1.93. The topological polar surface area (TPSA) is 63.9 Å². The monoisotopic (exact) mass is 413 g/mol. The Kier molecular flexibility index (Phi) is 5.18. The lowest BCUT2D eigenvalue weighted by molar-refractivity contribution is 0.0505. The maximum atomic E-state index is 10.3. The van der Waals surface area contributed by atoms with E-state index in [4.69, 9.17) is 9.47 Å². The van der Waals surface area contributed by atoms with Gasteiger partial charge in [0.1, 0.15) is 0 Å². The number of methoxy groups -OCH3 is 2. The lowest BCUT2D eigenvalue weighted by atomic mass is 9.53. The van der Waals surface area contributed by atoms with E-state index in [2.05, 4.69) is 45.4 Å².